The van der Waals surface area contributed by atoms with Crippen LogP contribution in [0, 0.1) is 0 Å². The zero-order chi connectivity index (χ0) is 18.2. The number of para-hydroxylation sites is 1. The van der Waals surface area contributed by atoms with E-state index >= 15 is 0 Å². The molecular formula is C21H12BrN3OS. The van der Waals surface area contributed by atoms with Gasteiger partial charge in [0.05, 0.1) is 21.7 Å². The summed E-state index contributed by atoms with van der Waals surface area (Å²) in [5.74, 6) is 0.978. The summed E-state index contributed by atoms with van der Waals surface area (Å²) < 4.78 is 6.99. The summed E-state index contributed by atoms with van der Waals surface area (Å²) in [6.07, 6.45) is 0. The van der Waals surface area contributed by atoms with Gasteiger partial charge in [0.2, 0.25) is 11.8 Å². The smallest absolute Gasteiger partial charge is 0.248 e. The fourth-order valence-electron chi connectivity index (χ4n) is 2.97. The van der Waals surface area contributed by atoms with Gasteiger partial charge >= 0.3 is 0 Å². The predicted octanol–water partition coefficient (Wildman–Crippen LogP) is 6.44. The zero-order valence-electron chi connectivity index (χ0n) is 14.0. The summed E-state index contributed by atoms with van der Waals surface area (Å²) in [6, 6.07) is 21.9. The van der Waals surface area contributed by atoms with Gasteiger partial charge in [-0.25, -0.2) is 4.98 Å². The molecule has 0 fully saturated rings. The van der Waals surface area contributed by atoms with E-state index in [2.05, 4.69) is 32.2 Å². The Morgan fingerprint density at radius 3 is 2.59 bits per heavy atom. The SMILES string of the molecule is Brc1cccc(-c2nnc(-c3cc(-c4cccs4)nc4ccccc34)o2)c1. The van der Waals surface area contributed by atoms with Crippen LogP contribution in [-0.4, -0.2) is 15.2 Å². The van der Waals surface area contributed by atoms with Crippen molar-refractivity contribution in [3.8, 4) is 33.5 Å². The summed E-state index contributed by atoms with van der Waals surface area (Å²) in [7, 11) is 0. The summed E-state index contributed by atoms with van der Waals surface area (Å²) in [5.41, 5.74) is 3.57. The highest BCUT2D eigenvalue weighted by atomic mass is 79.9. The van der Waals surface area contributed by atoms with E-state index in [-0.39, 0.29) is 0 Å². The molecule has 0 bridgehead atoms. The number of hydrogen-bond acceptors (Lipinski definition) is 5. The maximum Gasteiger partial charge on any atom is 0.248 e. The van der Waals surface area contributed by atoms with Crippen molar-refractivity contribution < 1.29 is 4.42 Å². The predicted molar refractivity (Wildman–Crippen MR) is 111 cm³/mol. The van der Waals surface area contributed by atoms with Gasteiger partial charge in [-0.15, -0.1) is 21.5 Å². The minimum absolute atomic E-state index is 0.487. The van der Waals surface area contributed by atoms with Crippen LogP contribution >= 0.6 is 27.3 Å². The first-order chi connectivity index (χ1) is 13.3. The normalized spacial score (nSPS) is 11.1. The van der Waals surface area contributed by atoms with Crippen molar-refractivity contribution >= 4 is 38.2 Å². The quantitative estimate of drug-likeness (QED) is 0.328. The number of aromatic nitrogens is 3. The first-order valence-corrected chi connectivity index (χ1v) is 9.99. The molecule has 5 rings (SSSR count). The summed E-state index contributed by atoms with van der Waals surface area (Å²) in [6.45, 7) is 0. The highest BCUT2D eigenvalue weighted by molar-refractivity contribution is 9.10. The molecule has 0 atom stereocenters. The first-order valence-electron chi connectivity index (χ1n) is 8.31. The van der Waals surface area contributed by atoms with E-state index in [0.29, 0.717) is 11.8 Å². The Bertz CT molecular complexity index is 1250. The summed E-state index contributed by atoms with van der Waals surface area (Å²) in [5, 5.41) is 11.6. The monoisotopic (exact) mass is 433 g/mol. The average Bonchev–Trinajstić information content (AvgIpc) is 3.39. The Morgan fingerprint density at radius 1 is 0.852 bits per heavy atom. The molecule has 130 valence electrons. The van der Waals surface area contributed by atoms with Gasteiger partial charge in [-0.3, -0.25) is 0 Å². The summed E-state index contributed by atoms with van der Waals surface area (Å²) >= 11 is 5.14. The lowest BCUT2D eigenvalue weighted by Gasteiger charge is -2.06. The molecule has 0 unspecified atom stereocenters. The maximum absolute atomic E-state index is 6.02. The van der Waals surface area contributed by atoms with Crippen LogP contribution in [0.15, 0.2) is 81.0 Å². The van der Waals surface area contributed by atoms with Gasteiger partial charge in [0.15, 0.2) is 0 Å². The number of nitrogens with zero attached hydrogens (tertiary/aromatic N) is 3. The highest BCUT2D eigenvalue weighted by Crippen LogP contribution is 2.34. The van der Waals surface area contributed by atoms with Crippen molar-refractivity contribution in [2.45, 2.75) is 0 Å². The van der Waals surface area contributed by atoms with Crippen molar-refractivity contribution in [2.24, 2.45) is 0 Å². The maximum atomic E-state index is 6.02. The minimum Gasteiger partial charge on any atom is -0.416 e. The molecule has 0 N–H and O–H groups in total. The number of fused-ring (bicyclic) bond motifs is 1. The van der Waals surface area contributed by atoms with E-state index < -0.39 is 0 Å². The second kappa shape index (κ2) is 6.72. The van der Waals surface area contributed by atoms with Gasteiger partial charge in [-0.05, 0) is 41.8 Å². The Kier molecular flexibility index (Phi) is 4.07. The lowest BCUT2D eigenvalue weighted by molar-refractivity contribution is 0.585. The van der Waals surface area contributed by atoms with Gasteiger partial charge < -0.3 is 4.42 Å². The third-order valence-electron chi connectivity index (χ3n) is 4.22. The lowest BCUT2D eigenvalue weighted by atomic mass is 10.1. The highest BCUT2D eigenvalue weighted by Gasteiger charge is 2.16. The van der Waals surface area contributed by atoms with Gasteiger partial charge in [0, 0.05) is 15.4 Å². The molecule has 0 spiro atoms. The van der Waals surface area contributed by atoms with Crippen molar-refractivity contribution in [1.82, 2.24) is 15.2 Å². The third-order valence-corrected chi connectivity index (χ3v) is 5.60. The van der Waals surface area contributed by atoms with Gasteiger partial charge in [0.25, 0.3) is 0 Å². The second-order valence-electron chi connectivity index (χ2n) is 5.97. The van der Waals surface area contributed by atoms with E-state index in [4.69, 9.17) is 9.40 Å². The minimum atomic E-state index is 0.487. The standard InChI is InChI=1S/C21H12BrN3OS/c22-14-6-3-5-13(11-14)20-24-25-21(26-20)16-12-18(19-9-4-10-27-19)23-17-8-2-1-7-15(16)17/h1-12H. The van der Waals surface area contributed by atoms with E-state index in [1.54, 1.807) is 11.3 Å². The van der Waals surface area contributed by atoms with Crippen LogP contribution in [0.25, 0.3) is 44.4 Å². The number of thiophene rings is 1. The average molecular weight is 434 g/mol. The van der Waals surface area contributed by atoms with Crippen LogP contribution < -0.4 is 0 Å². The number of benzene rings is 2. The molecule has 0 saturated carbocycles. The third kappa shape index (κ3) is 3.07. The molecule has 0 aliphatic heterocycles. The summed E-state index contributed by atoms with van der Waals surface area (Å²) in [4.78, 5) is 5.90. The molecule has 2 aromatic carbocycles. The van der Waals surface area contributed by atoms with Crippen LogP contribution in [0.1, 0.15) is 0 Å². The Morgan fingerprint density at radius 2 is 1.74 bits per heavy atom. The second-order valence-corrected chi connectivity index (χ2v) is 7.84. The number of hydrogen-bond donors (Lipinski definition) is 0. The van der Waals surface area contributed by atoms with E-state index in [1.165, 1.54) is 0 Å². The number of rotatable bonds is 3. The van der Waals surface area contributed by atoms with Crippen LogP contribution in [-0.2, 0) is 0 Å². The van der Waals surface area contributed by atoms with Crippen LogP contribution in [0.4, 0.5) is 0 Å². The van der Waals surface area contributed by atoms with E-state index in [1.807, 2.05) is 66.0 Å². The Balaban J connectivity index is 1.69. The van der Waals surface area contributed by atoms with Crippen LogP contribution in [0.5, 0.6) is 0 Å². The van der Waals surface area contributed by atoms with Gasteiger partial charge in [-0.2, -0.15) is 0 Å². The van der Waals surface area contributed by atoms with E-state index in [9.17, 15) is 0 Å². The van der Waals surface area contributed by atoms with Gasteiger partial charge in [0.1, 0.15) is 0 Å². The fraction of sp³-hybridized carbons (Fsp3) is 0. The molecule has 4 nitrogen and oxygen atoms in total. The molecule has 0 saturated heterocycles. The Labute approximate surface area is 167 Å². The molecule has 0 aliphatic rings. The topological polar surface area (TPSA) is 51.8 Å². The molecular weight excluding hydrogens is 422 g/mol. The molecule has 3 heterocycles. The molecule has 0 radical (unpaired) electrons. The van der Waals surface area contributed by atoms with Crippen LogP contribution in [0.3, 0.4) is 0 Å². The molecule has 6 heteroatoms. The largest absolute Gasteiger partial charge is 0.416 e. The molecule has 5 aromatic rings. The molecule has 0 amide bonds. The van der Waals surface area contributed by atoms with Crippen LogP contribution in [0.2, 0.25) is 0 Å². The Hall–Kier alpha value is -2.83. The molecule has 27 heavy (non-hydrogen) atoms. The zero-order valence-corrected chi connectivity index (χ0v) is 16.4. The lowest BCUT2D eigenvalue weighted by Crippen LogP contribution is -1.88. The fourth-order valence-corrected chi connectivity index (χ4v) is 4.06. The van der Waals surface area contributed by atoms with Crippen molar-refractivity contribution in [2.75, 3.05) is 0 Å². The van der Waals surface area contributed by atoms with Crippen molar-refractivity contribution in [3.63, 3.8) is 0 Å². The van der Waals surface area contributed by atoms with Gasteiger partial charge in [-0.1, -0.05) is 46.3 Å². The first kappa shape index (κ1) is 16.4. The number of halogens is 1. The molecule has 3 aromatic heterocycles. The van der Waals surface area contributed by atoms with Crippen molar-refractivity contribution in [3.05, 3.63) is 76.6 Å². The van der Waals surface area contributed by atoms with Crippen molar-refractivity contribution in [1.29, 1.82) is 0 Å². The van der Waals surface area contributed by atoms with E-state index in [0.717, 1.165) is 37.1 Å². The number of pyridine rings is 1. The molecule has 0 aliphatic carbocycles.